The van der Waals surface area contributed by atoms with Crippen LogP contribution in [0.3, 0.4) is 0 Å². The lowest BCUT2D eigenvalue weighted by Gasteiger charge is -1.93. The number of sulfonamides is 1. The van der Waals surface area contributed by atoms with E-state index in [1.165, 1.54) is 18.8 Å². The minimum Gasteiger partial charge on any atom is -0.252 e. The molecule has 0 radical (unpaired) electrons. The average Bonchev–Trinajstić information content (AvgIpc) is 2.38. The molecule has 0 fully saturated rings. The highest BCUT2D eigenvalue weighted by molar-refractivity contribution is 7.91. The van der Waals surface area contributed by atoms with Gasteiger partial charge < -0.3 is 0 Å². The molecule has 1 aromatic heterocycles. The van der Waals surface area contributed by atoms with Crippen LogP contribution in [0.4, 0.5) is 0 Å². The van der Waals surface area contributed by atoms with Crippen molar-refractivity contribution in [3.8, 4) is 0 Å². The van der Waals surface area contributed by atoms with Crippen LogP contribution >= 0.6 is 11.3 Å². The van der Waals surface area contributed by atoms with Crippen LogP contribution < -0.4 is 4.72 Å². The summed E-state index contributed by atoms with van der Waals surface area (Å²) in [4.78, 5) is 3.64. The van der Waals surface area contributed by atoms with Gasteiger partial charge in [0.05, 0.1) is 11.7 Å². The van der Waals surface area contributed by atoms with E-state index in [1.807, 2.05) is 0 Å². The van der Waals surface area contributed by atoms with Crippen LogP contribution in [0.5, 0.6) is 0 Å². The molecule has 56 valence electrons. The van der Waals surface area contributed by atoms with E-state index in [2.05, 4.69) is 9.71 Å². The third kappa shape index (κ3) is 1.34. The van der Waals surface area contributed by atoms with Crippen LogP contribution in [0, 0.1) is 0 Å². The van der Waals surface area contributed by atoms with Crippen LogP contribution in [0.15, 0.2) is 15.9 Å². The Hall–Kier alpha value is -0.460. The van der Waals surface area contributed by atoms with Crippen molar-refractivity contribution in [3.63, 3.8) is 0 Å². The third-order valence-corrected chi connectivity index (χ3v) is 3.63. The van der Waals surface area contributed by atoms with E-state index in [-0.39, 0.29) is 4.21 Å². The Balaban J connectivity index is 3.09. The second kappa shape index (κ2) is 2.65. The van der Waals surface area contributed by atoms with Gasteiger partial charge in [-0.05, 0) is 7.05 Å². The van der Waals surface area contributed by atoms with E-state index in [4.69, 9.17) is 0 Å². The number of nitrogens with zero attached hydrogens (tertiary/aromatic N) is 1. The van der Waals surface area contributed by atoms with Crippen LogP contribution in [-0.2, 0) is 10.0 Å². The van der Waals surface area contributed by atoms with Gasteiger partial charge in [0, 0.05) is 0 Å². The first-order valence-corrected chi connectivity index (χ1v) is 4.85. The van der Waals surface area contributed by atoms with Crippen LogP contribution in [0.1, 0.15) is 0 Å². The molecule has 0 atom stereocenters. The summed E-state index contributed by atoms with van der Waals surface area (Å²) in [6.45, 7) is 0. The van der Waals surface area contributed by atoms with Crippen molar-refractivity contribution < 1.29 is 8.42 Å². The monoisotopic (exact) mass is 178 g/mol. The van der Waals surface area contributed by atoms with E-state index in [1.54, 1.807) is 0 Å². The van der Waals surface area contributed by atoms with Gasteiger partial charge in [0.1, 0.15) is 0 Å². The maximum Gasteiger partial charge on any atom is 0.251 e. The Morgan fingerprint density at radius 3 is 2.80 bits per heavy atom. The van der Waals surface area contributed by atoms with E-state index < -0.39 is 10.0 Å². The van der Waals surface area contributed by atoms with E-state index in [0.29, 0.717) is 0 Å². The Morgan fingerprint density at radius 1 is 1.70 bits per heavy atom. The Kier molecular flexibility index (Phi) is 2.02. The molecular formula is C4H6N2O2S2. The number of rotatable bonds is 2. The maximum atomic E-state index is 10.9. The second-order valence-electron chi connectivity index (χ2n) is 1.53. The van der Waals surface area contributed by atoms with Gasteiger partial charge in [0.25, 0.3) is 10.0 Å². The zero-order chi connectivity index (χ0) is 7.61. The minimum absolute atomic E-state index is 0.245. The second-order valence-corrected chi connectivity index (χ2v) is 4.53. The predicted molar refractivity (Wildman–Crippen MR) is 38.4 cm³/mol. The molecule has 1 aromatic rings. The van der Waals surface area contributed by atoms with Gasteiger partial charge in [-0.25, -0.2) is 13.1 Å². The maximum absolute atomic E-state index is 10.9. The van der Waals surface area contributed by atoms with Crippen LogP contribution in [0.25, 0.3) is 0 Å². The van der Waals surface area contributed by atoms with Crippen LogP contribution in [-0.4, -0.2) is 20.4 Å². The molecular weight excluding hydrogens is 172 g/mol. The largest absolute Gasteiger partial charge is 0.252 e. The van der Waals surface area contributed by atoms with E-state index >= 15 is 0 Å². The van der Waals surface area contributed by atoms with Crippen molar-refractivity contribution in [2.24, 2.45) is 0 Å². The molecule has 0 saturated heterocycles. The molecule has 1 rings (SSSR count). The molecule has 0 bridgehead atoms. The molecule has 0 spiro atoms. The summed E-state index contributed by atoms with van der Waals surface area (Å²) in [7, 11) is -1.88. The van der Waals surface area contributed by atoms with Crippen molar-refractivity contribution in [2.75, 3.05) is 7.05 Å². The van der Waals surface area contributed by atoms with E-state index in [9.17, 15) is 8.42 Å². The fourth-order valence-corrected chi connectivity index (χ4v) is 2.07. The first kappa shape index (κ1) is 7.64. The molecule has 4 nitrogen and oxygen atoms in total. The molecule has 6 heteroatoms. The quantitative estimate of drug-likeness (QED) is 0.696. The van der Waals surface area contributed by atoms with Gasteiger partial charge in [0.2, 0.25) is 0 Å². The van der Waals surface area contributed by atoms with Crippen molar-refractivity contribution in [3.05, 3.63) is 11.7 Å². The van der Waals surface area contributed by atoms with Crippen molar-refractivity contribution in [1.82, 2.24) is 9.71 Å². The highest BCUT2D eigenvalue weighted by Crippen LogP contribution is 2.11. The van der Waals surface area contributed by atoms with Crippen molar-refractivity contribution in [2.45, 2.75) is 4.21 Å². The van der Waals surface area contributed by atoms with Crippen molar-refractivity contribution in [1.29, 1.82) is 0 Å². The molecule has 10 heavy (non-hydrogen) atoms. The van der Waals surface area contributed by atoms with Gasteiger partial charge in [0.15, 0.2) is 4.21 Å². The normalized spacial score (nSPS) is 11.7. The zero-order valence-corrected chi connectivity index (χ0v) is 6.87. The lowest BCUT2D eigenvalue weighted by Crippen LogP contribution is -2.17. The van der Waals surface area contributed by atoms with Gasteiger partial charge >= 0.3 is 0 Å². The topological polar surface area (TPSA) is 59.1 Å². The molecule has 0 unspecified atom stereocenters. The smallest absolute Gasteiger partial charge is 0.251 e. The fraction of sp³-hybridized carbons (Fsp3) is 0.250. The van der Waals surface area contributed by atoms with Crippen molar-refractivity contribution >= 4 is 21.4 Å². The molecule has 0 aliphatic carbocycles. The van der Waals surface area contributed by atoms with Gasteiger partial charge in [-0.2, -0.15) is 0 Å². The molecule has 0 aromatic carbocycles. The number of hydrogen-bond acceptors (Lipinski definition) is 4. The molecule has 0 amide bonds. The first-order valence-electron chi connectivity index (χ1n) is 2.49. The summed E-state index contributed by atoms with van der Waals surface area (Å²) < 4.78 is 24.3. The average molecular weight is 178 g/mol. The molecule has 1 N–H and O–H groups in total. The summed E-state index contributed by atoms with van der Waals surface area (Å²) >= 11 is 1.09. The molecule has 0 aliphatic heterocycles. The lowest BCUT2D eigenvalue weighted by molar-refractivity contribution is 0.590. The van der Waals surface area contributed by atoms with Crippen LogP contribution in [0.2, 0.25) is 0 Å². The van der Waals surface area contributed by atoms with Gasteiger partial charge in [-0.1, -0.05) is 0 Å². The minimum atomic E-state index is -3.25. The highest BCUT2D eigenvalue weighted by atomic mass is 32.2. The first-order chi connectivity index (χ1) is 4.67. The SMILES string of the molecule is CNS(=O)(=O)c1cncs1. The number of aromatic nitrogens is 1. The number of thiazole rings is 1. The highest BCUT2D eigenvalue weighted by Gasteiger charge is 2.11. The number of nitrogens with one attached hydrogen (secondary N) is 1. The fourth-order valence-electron chi connectivity index (χ4n) is 0.437. The zero-order valence-electron chi connectivity index (χ0n) is 5.23. The van der Waals surface area contributed by atoms with E-state index in [0.717, 1.165) is 11.3 Å². The van der Waals surface area contributed by atoms with Gasteiger partial charge in [-0.15, -0.1) is 11.3 Å². The summed E-state index contributed by atoms with van der Waals surface area (Å²) in [5.74, 6) is 0. The standard InChI is InChI=1S/C4H6N2O2S2/c1-5-10(7,8)4-2-6-3-9-4/h2-3,5H,1H3. The molecule has 0 saturated carbocycles. The lowest BCUT2D eigenvalue weighted by atomic mass is 11.0. The number of hydrogen-bond donors (Lipinski definition) is 1. The van der Waals surface area contributed by atoms with Gasteiger partial charge in [-0.3, -0.25) is 4.98 Å². The molecule has 1 heterocycles. The summed E-state index contributed by atoms with van der Waals surface area (Å²) in [5.41, 5.74) is 1.48. The predicted octanol–water partition coefficient (Wildman–Crippen LogP) is 0.0512. The Bertz CT molecular complexity index is 289. The summed E-state index contributed by atoms with van der Waals surface area (Å²) in [5, 5.41) is 0. The Morgan fingerprint density at radius 2 is 2.40 bits per heavy atom. The Labute approximate surface area is 63.0 Å². The summed E-state index contributed by atoms with van der Waals surface area (Å²) in [6.07, 6.45) is 1.32. The third-order valence-electron chi connectivity index (χ3n) is 0.943. The summed E-state index contributed by atoms with van der Waals surface area (Å²) in [6, 6.07) is 0. The molecule has 0 aliphatic rings.